The predicted octanol–water partition coefficient (Wildman–Crippen LogP) is 0.854. The third-order valence-electron chi connectivity index (χ3n) is 3.50. The van der Waals surface area contributed by atoms with Gasteiger partial charge in [-0.15, -0.1) is 4.41 Å². The summed E-state index contributed by atoms with van der Waals surface area (Å²) in [4.78, 5) is 23.2. The number of carbonyl (C=O) groups excluding carboxylic acids is 2. The Morgan fingerprint density at radius 3 is 2.32 bits per heavy atom. The van der Waals surface area contributed by atoms with E-state index in [0.717, 1.165) is 4.41 Å². The second kappa shape index (κ2) is 8.41. The average Bonchev–Trinajstić information content (AvgIpc) is 2.53. The topological polar surface area (TPSA) is 105 Å². The van der Waals surface area contributed by atoms with E-state index >= 15 is 0 Å². The Labute approximate surface area is 148 Å². The summed E-state index contributed by atoms with van der Waals surface area (Å²) in [6, 6.07) is 1.77. The average molecular weight is 371 g/mol. The summed E-state index contributed by atoms with van der Waals surface area (Å²) < 4.78 is 32.4. The summed E-state index contributed by atoms with van der Waals surface area (Å²) in [5.41, 5.74) is 2.93. The van der Waals surface area contributed by atoms with Crippen molar-refractivity contribution in [2.45, 2.75) is 44.7 Å². The minimum absolute atomic E-state index is 0.0774. The fourth-order valence-electron chi connectivity index (χ4n) is 2.44. The van der Waals surface area contributed by atoms with Crippen LogP contribution >= 0.6 is 0 Å². The van der Waals surface area contributed by atoms with Gasteiger partial charge in [0.25, 0.3) is 15.9 Å². The molecule has 0 saturated heterocycles. The smallest absolute Gasteiger partial charge is 0.257 e. The molecule has 25 heavy (non-hydrogen) atoms. The molecular formula is C16H25N3O5S. The van der Waals surface area contributed by atoms with Gasteiger partial charge in [-0.25, -0.2) is 13.8 Å². The maximum absolute atomic E-state index is 13.1. The second-order valence-corrected chi connectivity index (χ2v) is 7.59. The first-order valence-electron chi connectivity index (χ1n) is 7.76. The van der Waals surface area contributed by atoms with Crippen LogP contribution in [0, 0.1) is 6.92 Å². The van der Waals surface area contributed by atoms with Gasteiger partial charge in [0.05, 0.1) is 23.6 Å². The van der Waals surface area contributed by atoms with Gasteiger partial charge in [-0.2, -0.15) is 0 Å². The molecule has 8 nitrogen and oxygen atoms in total. The number of benzene rings is 1. The normalized spacial score (nSPS) is 13.0. The molecule has 0 bridgehead atoms. The molecule has 9 heteroatoms. The number of hydrogen-bond donors (Lipinski definition) is 2. The molecule has 0 aromatic heterocycles. The van der Waals surface area contributed by atoms with Crippen LogP contribution in [-0.2, 0) is 14.8 Å². The molecule has 0 fully saturated rings. The standard InChI is InChI=1S/C16H25N3O5S/c1-10(2)19(17-5)25(22,23)15-11(3)7-13(24-6)8-14(15)16(21)18-12(4)9-20/h7-10,12,17H,1-6H3,(H,18,21)/t12-/m0/s1. The summed E-state index contributed by atoms with van der Waals surface area (Å²) in [6.45, 7) is 6.51. The Morgan fingerprint density at radius 1 is 1.28 bits per heavy atom. The van der Waals surface area contributed by atoms with E-state index in [1.54, 1.807) is 26.8 Å². The monoisotopic (exact) mass is 371 g/mol. The molecule has 0 unspecified atom stereocenters. The van der Waals surface area contributed by atoms with E-state index in [-0.39, 0.29) is 16.5 Å². The summed E-state index contributed by atoms with van der Waals surface area (Å²) in [5.74, 6) is -0.319. The molecule has 1 rings (SSSR count). The van der Waals surface area contributed by atoms with Crippen molar-refractivity contribution in [1.29, 1.82) is 0 Å². The number of ether oxygens (including phenoxy) is 1. The molecule has 0 aliphatic heterocycles. The zero-order chi connectivity index (χ0) is 19.4. The molecule has 1 aromatic rings. The molecule has 0 radical (unpaired) electrons. The van der Waals surface area contributed by atoms with Gasteiger partial charge in [-0.1, -0.05) is 0 Å². The third kappa shape index (κ3) is 4.56. The van der Waals surface area contributed by atoms with Gasteiger partial charge < -0.3 is 14.8 Å². The van der Waals surface area contributed by atoms with Crippen molar-refractivity contribution in [3.8, 4) is 5.75 Å². The number of nitrogens with zero attached hydrogens (tertiary/aromatic N) is 1. The molecular weight excluding hydrogens is 346 g/mol. The number of hydrazine groups is 1. The highest BCUT2D eigenvalue weighted by Gasteiger charge is 2.32. The first-order valence-corrected chi connectivity index (χ1v) is 9.20. The first-order chi connectivity index (χ1) is 11.6. The Bertz CT molecular complexity index is 746. The zero-order valence-corrected chi connectivity index (χ0v) is 16.1. The molecule has 0 saturated carbocycles. The van der Waals surface area contributed by atoms with Crippen LogP contribution in [0.25, 0.3) is 0 Å². The number of sulfonamides is 1. The number of carbonyl (C=O) groups is 2. The minimum atomic E-state index is -4.01. The van der Waals surface area contributed by atoms with Crippen LogP contribution in [0.5, 0.6) is 5.75 Å². The molecule has 1 atom stereocenters. The van der Waals surface area contributed by atoms with Crippen molar-refractivity contribution >= 4 is 22.2 Å². The number of hydrogen-bond acceptors (Lipinski definition) is 6. The van der Waals surface area contributed by atoms with E-state index in [4.69, 9.17) is 4.74 Å². The maximum atomic E-state index is 13.1. The number of rotatable bonds is 8. The molecule has 0 heterocycles. The van der Waals surface area contributed by atoms with Crippen molar-refractivity contribution < 1.29 is 22.7 Å². The highest BCUT2D eigenvalue weighted by molar-refractivity contribution is 7.89. The van der Waals surface area contributed by atoms with Crippen LogP contribution < -0.4 is 15.5 Å². The van der Waals surface area contributed by atoms with E-state index in [9.17, 15) is 18.0 Å². The van der Waals surface area contributed by atoms with Gasteiger partial charge in [0, 0.05) is 6.04 Å². The highest BCUT2D eigenvalue weighted by Crippen LogP contribution is 2.29. The van der Waals surface area contributed by atoms with Crippen LogP contribution in [0.2, 0.25) is 0 Å². The molecule has 0 aliphatic rings. The third-order valence-corrected chi connectivity index (χ3v) is 5.68. The van der Waals surface area contributed by atoms with E-state index in [0.29, 0.717) is 17.6 Å². The lowest BCUT2D eigenvalue weighted by Gasteiger charge is -2.26. The quantitative estimate of drug-likeness (QED) is 0.519. The largest absolute Gasteiger partial charge is 0.497 e. The lowest BCUT2D eigenvalue weighted by atomic mass is 10.1. The van der Waals surface area contributed by atoms with Crippen LogP contribution in [0.15, 0.2) is 17.0 Å². The van der Waals surface area contributed by atoms with Gasteiger partial charge in [0.1, 0.15) is 12.0 Å². The molecule has 0 spiro atoms. The number of methoxy groups -OCH3 is 1. The Morgan fingerprint density at radius 2 is 1.88 bits per heavy atom. The molecule has 1 amide bonds. The number of nitrogens with one attached hydrogen (secondary N) is 2. The fraction of sp³-hybridized carbons (Fsp3) is 0.500. The Kier molecular flexibility index (Phi) is 7.09. The number of aryl methyl sites for hydroxylation is 1. The maximum Gasteiger partial charge on any atom is 0.257 e. The van der Waals surface area contributed by atoms with E-state index in [1.807, 2.05) is 0 Å². The van der Waals surface area contributed by atoms with E-state index in [1.165, 1.54) is 27.1 Å². The SMILES string of the molecule is CNN(C(C)C)S(=O)(=O)c1c(C)cc(OC)cc1C(=O)N[C@@H](C)C=O. The van der Waals surface area contributed by atoms with Gasteiger partial charge in [0.2, 0.25) is 0 Å². The van der Waals surface area contributed by atoms with Gasteiger partial charge in [0.15, 0.2) is 0 Å². The summed E-state index contributed by atoms with van der Waals surface area (Å²) >= 11 is 0. The molecule has 140 valence electrons. The van der Waals surface area contributed by atoms with Gasteiger partial charge >= 0.3 is 0 Å². The summed E-state index contributed by atoms with van der Waals surface area (Å²) in [7, 11) is -1.09. The predicted molar refractivity (Wildman–Crippen MR) is 93.9 cm³/mol. The summed E-state index contributed by atoms with van der Waals surface area (Å²) in [5, 5.41) is 2.46. The van der Waals surface area contributed by atoms with Crippen molar-refractivity contribution in [2.75, 3.05) is 14.2 Å². The first kappa shape index (κ1) is 21.1. The van der Waals surface area contributed by atoms with Crippen molar-refractivity contribution in [1.82, 2.24) is 15.2 Å². The Hall–Kier alpha value is -1.97. The lowest BCUT2D eigenvalue weighted by molar-refractivity contribution is -0.109. The molecule has 1 aromatic carbocycles. The van der Waals surface area contributed by atoms with Crippen LogP contribution in [-0.4, -0.2) is 51.3 Å². The Balaban J connectivity index is 3.63. The van der Waals surface area contributed by atoms with Gasteiger partial charge in [-0.05, 0) is 52.4 Å². The second-order valence-electron chi connectivity index (χ2n) is 5.84. The number of amides is 1. The molecule has 0 aliphatic carbocycles. The summed E-state index contributed by atoms with van der Waals surface area (Å²) in [6.07, 6.45) is 0.563. The van der Waals surface area contributed by atoms with Crippen LogP contribution in [0.1, 0.15) is 36.7 Å². The minimum Gasteiger partial charge on any atom is -0.497 e. The van der Waals surface area contributed by atoms with E-state index < -0.39 is 22.0 Å². The van der Waals surface area contributed by atoms with Crippen molar-refractivity contribution in [3.63, 3.8) is 0 Å². The zero-order valence-electron chi connectivity index (χ0n) is 15.3. The van der Waals surface area contributed by atoms with Crippen molar-refractivity contribution in [2.24, 2.45) is 0 Å². The number of aldehydes is 1. The molecule has 2 N–H and O–H groups in total. The lowest BCUT2D eigenvalue weighted by Crippen LogP contribution is -2.46. The van der Waals surface area contributed by atoms with E-state index in [2.05, 4.69) is 10.7 Å². The van der Waals surface area contributed by atoms with Gasteiger partial charge in [-0.3, -0.25) is 4.79 Å². The van der Waals surface area contributed by atoms with Crippen molar-refractivity contribution in [3.05, 3.63) is 23.3 Å². The fourth-order valence-corrected chi connectivity index (χ4v) is 4.33. The highest BCUT2D eigenvalue weighted by atomic mass is 32.2. The van der Waals surface area contributed by atoms with Crippen LogP contribution in [0.4, 0.5) is 0 Å². The van der Waals surface area contributed by atoms with Crippen LogP contribution in [0.3, 0.4) is 0 Å².